The van der Waals surface area contributed by atoms with Gasteiger partial charge in [-0.25, -0.2) is 4.98 Å². The lowest BCUT2D eigenvalue weighted by Crippen LogP contribution is -2.25. The molecule has 27 heavy (non-hydrogen) atoms. The molecule has 3 aromatic rings. The van der Waals surface area contributed by atoms with Crippen LogP contribution in [0.15, 0.2) is 58.5 Å². The summed E-state index contributed by atoms with van der Waals surface area (Å²) in [7, 11) is 3.45. The van der Waals surface area contributed by atoms with Gasteiger partial charge in [0.1, 0.15) is 5.75 Å². The molecule has 0 atom stereocenters. The number of methoxy groups -OCH3 is 1. The van der Waals surface area contributed by atoms with E-state index >= 15 is 0 Å². The van der Waals surface area contributed by atoms with Crippen LogP contribution in [0.2, 0.25) is 0 Å². The van der Waals surface area contributed by atoms with Gasteiger partial charge >= 0.3 is 0 Å². The maximum Gasteiger partial charge on any atom is 0.257 e. The maximum absolute atomic E-state index is 12.9. The van der Waals surface area contributed by atoms with Crippen molar-refractivity contribution < 1.29 is 4.74 Å². The second kappa shape index (κ2) is 8.44. The van der Waals surface area contributed by atoms with E-state index in [1.807, 2.05) is 37.3 Å². The molecule has 0 bridgehead atoms. The molecule has 2 aromatic carbocycles. The van der Waals surface area contributed by atoms with Crippen molar-refractivity contribution in [3.8, 4) is 5.75 Å². The topological polar surface area (TPSA) is 44.1 Å². The average Bonchev–Trinajstić information content (AvgIpc) is 2.67. The molecule has 0 aliphatic heterocycles. The van der Waals surface area contributed by atoms with Crippen molar-refractivity contribution in [3.05, 3.63) is 86.8 Å². The molecular weight excluding hydrogens is 356 g/mol. The van der Waals surface area contributed by atoms with E-state index in [-0.39, 0.29) is 5.56 Å². The summed E-state index contributed by atoms with van der Waals surface area (Å²) in [5.74, 6) is 1.59. The Morgan fingerprint density at radius 2 is 1.81 bits per heavy atom. The number of benzene rings is 2. The van der Waals surface area contributed by atoms with Crippen LogP contribution in [0, 0.1) is 13.8 Å². The van der Waals surface area contributed by atoms with E-state index in [1.165, 1.54) is 5.56 Å². The maximum atomic E-state index is 12.9. The minimum atomic E-state index is 0.0289. The van der Waals surface area contributed by atoms with E-state index in [2.05, 4.69) is 25.1 Å². The van der Waals surface area contributed by atoms with E-state index in [0.717, 1.165) is 39.0 Å². The third kappa shape index (κ3) is 4.61. The van der Waals surface area contributed by atoms with Gasteiger partial charge in [0, 0.05) is 30.5 Å². The number of aryl methyl sites for hydroxylation is 2. The highest BCUT2D eigenvalue weighted by atomic mass is 32.2. The molecule has 0 aliphatic rings. The molecule has 0 N–H and O–H groups in total. The number of ether oxygens (including phenoxy) is 1. The second-order valence-corrected chi connectivity index (χ2v) is 7.57. The lowest BCUT2D eigenvalue weighted by Gasteiger charge is -2.12. The average molecular weight is 381 g/mol. The predicted molar refractivity (Wildman–Crippen MR) is 111 cm³/mol. The SMILES string of the molecule is COc1ccc(CSc2nc(C)c(Cc3cccc(C)c3)c(=O)n2C)cc1. The number of nitrogens with zero attached hydrogens (tertiary/aromatic N) is 2. The highest BCUT2D eigenvalue weighted by molar-refractivity contribution is 7.98. The molecular formula is C22H24N2O2S. The summed E-state index contributed by atoms with van der Waals surface area (Å²) < 4.78 is 6.85. The third-order valence-corrected chi connectivity index (χ3v) is 5.64. The highest BCUT2D eigenvalue weighted by Crippen LogP contribution is 2.22. The first-order chi connectivity index (χ1) is 13.0. The smallest absolute Gasteiger partial charge is 0.257 e. The molecule has 0 unspecified atom stereocenters. The van der Waals surface area contributed by atoms with Crippen molar-refractivity contribution in [2.75, 3.05) is 7.11 Å². The van der Waals surface area contributed by atoms with Crippen molar-refractivity contribution in [1.29, 1.82) is 0 Å². The van der Waals surface area contributed by atoms with Gasteiger partial charge in [-0.05, 0) is 37.1 Å². The summed E-state index contributed by atoms with van der Waals surface area (Å²) in [4.78, 5) is 17.6. The van der Waals surface area contributed by atoms with Gasteiger partial charge in [0.2, 0.25) is 0 Å². The predicted octanol–water partition coefficient (Wildman–Crippen LogP) is 4.29. The molecule has 1 heterocycles. The zero-order valence-corrected chi connectivity index (χ0v) is 17.0. The number of hydrogen-bond acceptors (Lipinski definition) is 4. The summed E-state index contributed by atoms with van der Waals surface area (Å²) >= 11 is 1.57. The Morgan fingerprint density at radius 1 is 1.07 bits per heavy atom. The van der Waals surface area contributed by atoms with Crippen LogP contribution < -0.4 is 10.3 Å². The van der Waals surface area contributed by atoms with Crippen LogP contribution in [0.3, 0.4) is 0 Å². The normalized spacial score (nSPS) is 10.8. The monoisotopic (exact) mass is 380 g/mol. The first-order valence-electron chi connectivity index (χ1n) is 8.85. The summed E-state index contributed by atoms with van der Waals surface area (Å²) in [5, 5.41) is 0.737. The molecule has 0 amide bonds. The van der Waals surface area contributed by atoms with E-state index in [9.17, 15) is 4.79 Å². The van der Waals surface area contributed by atoms with Crippen molar-refractivity contribution in [2.45, 2.75) is 31.2 Å². The van der Waals surface area contributed by atoms with Crippen molar-refractivity contribution in [2.24, 2.45) is 7.05 Å². The Hall–Kier alpha value is -2.53. The second-order valence-electron chi connectivity index (χ2n) is 6.63. The summed E-state index contributed by atoms with van der Waals surface area (Å²) in [6.45, 7) is 3.98. The largest absolute Gasteiger partial charge is 0.497 e. The Balaban J connectivity index is 1.80. The lowest BCUT2D eigenvalue weighted by atomic mass is 10.0. The van der Waals surface area contributed by atoms with Crippen LogP contribution in [0.1, 0.15) is 27.9 Å². The quantitative estimate of drug-likeness (QED) is 0.473. The summed E-state index contributed by atoms with van der Waals surface area (Å²) in [6, 6.07) is 16.2. The zero-order valence-electron chi connectivity index (χ0n) is 16.2. The summed E-state index contributed by atoms with van der Waals surface area (Å²) in [5.41, 5.74) is 5.09. The van der Waals surface area contributed by atoms with E-state index in [1.54, 1.807) is 30.5 Å². The Bertz CT molecular complexity index is 994. The first kappa shape index (κ1) is 19.2. The zero-order chi connectivity index (χ0) is 19.4. The van der Waals surface area contributed by atoms with Crippen LogP contribution in [-0.2, 0) is 19.2 Å². The van der Waals surface area contributed by atoms with E-state index < -0.39 is 0 Å². The van der Waals surface area contributed by atoms with Gasteiger partial charge in [-0.15, -0.1) is 0 Å². The number of thioether (sulfide) groups is 1. The fourth-order valence-electron chi connectivity index (χ4n) is 2.96. The minimum Gasteiger partial charge on any atom is -0.497 e. The number of hydrogen-bond donors (Lipinski definition) is 0. The molecule has 3 rings (SSSR count). The van der Waals surface area contributed by atoms with Gasteiger partial charge in [-0.1, -0.05) is 53.7 Å². The molecule has 0 saturated carbocycles. The third-order valence-electron chi connectivity index (χ3n) is 4.54. The van der Waals surface area contributed by atoms with Crippen LogP contribution >= 0.6 is 11.8 Å². The Labute approximate surface area is 164 Å². The standard InChI is InChI=1S/C22H24N2O2S/c1-15-6-5-7-18(12-15)13-20-16(2)23-22(24(3)21(20)25)27-14-17-8-10-19(26-4)11-9-17/h5-12H,13-14H2,1-4H3. The fraction of sp³-hybridized carbons (Fsp3) is 0.273. The Morgan fingerprint density at radius 3 is 2.48 bits per heavy atom. The van der Waals surface area contributed by atoms with Gasteiger partial charge in [-0.2, -0.15) is 0 Å². The lowest BCUT2D eigenvalue weighted by molar-refractivity contribution is 0.414. The minimum absolute atomic E-state index is 0.0289. The van der Waals surface area contributed by atoms with Gasteiger partial charge < -0.3 is 4.74 Å². The van der Waals surface area contributed by atoms with Crippen LogP contribution in [0.25, 0.3) is 0 Å². The highest BCUT2D eigenvalue weighted by Gasteiger charge is 2.13. The van der Waals surface area contributed by atoms with Gasteiger partial charge in [0.15, 0.2) is 5.16 Å². The number of rotatable bonds is 6. The van der Waals surface area contributed by atoms with Crippen LogP contribution in [-0.4, -0.2) is 16.7 Å². The molecule has 4 nitrogen and oxygen atoms in total. The molecule has 140 valence electrons. The van der Waals surface area contributed by atoms with E-state index in [0.29, 0.717) is 6.42 Å². The molecule has 0 spiro atoms. The molecule has 5 heteroatoms. The molecule has 0 radical (unpaired) electrons. The van der Waals surface area contributed by atoms with Crippen molar-refractivity contribution >= 4 is 11.8 Å². The first-order valence-corrected chi connectivity index (χ1v) is 9.84. The molecule has 0 aliphatic carbocycles. The Kier molecular flexibility index (Phi) is 6.01. The summed E-state index contributed by atoms with van der Waals surface area (Å²) in [6.07, 6.45) is 0.608. The van der Waals surface area contributed by atoms with Crippen molar-refractivity contribution in [3.63, 3.8) is 0 Å². The van der Waals surface area contributed by atoms with E-state index in [4.69, 9.17) is 9.72 Å². The van der Waals surface area contributed by atoms with Gasteiger partial charge in [-0.3, -0.25) is 9.36 Å². The van der Waals surface area contributed by atoms with Gasteiger partial charge in [0.05, 0.1) is 7.11 Å². The van der Waals surface area contributed by atoms with Crippen LogP contribution in [0.5, 0.6) is 5.75 Å². The number of aromatic nitrogens is 2. The van der Waals surface area contributed by atoms with Crippen molar-refractivity contribution in [1.82, 2.24) is 9.55 Å². The molecule has 0 saturated heterocycles. The fourth-order valence-corrected chi connectivity index (χ4v) is 3.92. The van der Waals surface area contributed by atoms with Gasteiger partial charge in [0.25, 0.3) is 5.56 Å². The van der Waals surface area contributed by atoms with Crippen LogP contribution in [0.4, 0.5) is 0 Å². The molecule has 0 fully saturated rings. The molecule has 1 aromatic heterocycles.